The molecular formula is C20H17F3N4O. The highest BCUT2D eigenvalue weighted by molar-refractivity contribution is 5.99. The Morgan fingerprint density at radius 3 is 2.39 bits per heavy atom. The highest BCUT2D eigenvalue weighted by atomic mass is 19.4. The molecule has 0 saturated carbocycles. The van der Waals surface area contributed by atoms with Gasteiger partial charge in [-0.1, -0.05) is 6.58 Å². The van der Waals surface area contributed by atoms with Crippen molar-refractivity contribution in [3.05, 3.63) is 73.2 Å². The number of hydrogen-bond acceptors (Lipinski definition) is 3. The smallest absolute Gasteiger partial charge is 0.355 e. The van der Waals surface area contributed by atoms with Crippen molar-refractivity contribution in [2.75, 3.05) is 10.6 Å². The van der Waals surface area contributed by atoms with Crippen molar-refractivity contribution in [3.63, 3.8) is 0 Å². The van der Waals surface area contributed by atoms with Crippen LogP contribution in [0.1, 0.15) is 5.56 Å². The third-order valence-electron chi connectivity index (χ3n) is 3.94. The molecule has 2 N–H and O–H groups in total. The molecule has 8 heteroatoms. The van der Waals surface area contributed by atoms with E-state index in [1.165, 1.54) is 12.1 Å². The van der Waals surface area contributed by atoms with E-state index in [9.17, 15) is 18.0 Å². The minimum absolute atomic E-state index is 0.351. The third-order valence-corrected chi connectivity index (χ3v) is 3.94. The average Bonchev–Trinajstić information content (AvgIpc) is 3.08. The summed E-state index contributed by atoms with van der Waals surface area (Å²) in [7, 11) is 1.82. The Kier molecular flexibility index (Phi) is 5.21. The highest BCUT2D eigenvalue weighted by Crippen LogP contribution is 2.34. The van der Waals surface area contributed by atoms with Gasteiger partial charge in [0.1, 0.15) is 0 Å². The molecule has 3 aromatic rings. The topological polar surface area (TPSA) is 59.0 Å². The van der Waals surface area contributed by atoms with Crippen LogP contribution in [-0.2, 0) is 18.0 Å². The van der Waals surface area contributed by atoms with E-state index in [-0.39, 0.29) is 5.91 Å². The number of alkyl halides is 3. The molecule has 1 amide bonds. The summed E-state index contributed by atoms with van der Waals surface area (Å²) >= 11 is 0. The predicted molar refractivity (Wildman–Crippen MR) is 102 cm³/mol. The first kappa shape index (κ1) is 19.2. The van der Waals surface area contributed by atoms with Gasteiger partial charge < -0.3 is 15.2 Å². The van der Waals surface area contributed by atoms with Crippen LogP contribution in [0.15, 0.2) is 67.6 Å². The summed E-state index contributed by atoms with van der Waals surface area (Å²) in [5, 5.41) is 5.78. The number of anilines is 3. The minimum atomic E-state index is -4.39. The van der Waals surface area contributed by atoms with Crippen LogP contribution in [0.2, 0.25) is 0 Å². The maximum absolute atomic E-state index is 12.7. The fourth-order valence-corrected chi connectivity index (χ4v) is 2.59. The summed E-state index contributed by atoms with van der Waals surface area (Å²) in [6, 6.07) is 9.89. The number of benzene rings is 2. The second kappa shape index (κ2) is 7.59. The lowest BCUT2D eigenvalue weighted by molar-refractivity contribution is -0.137. The molecule has 28 heavy (non-hydrogen) atoms. The molecule has 1 aromatic heterocycles. The molecule has 0 bridgehead atoms. The van der Waals surface area contributed by atoms with E-state index in [0.29, 0.717) is 28.3 Å². The first-order valence-electron chi connectivity index (χ1n) is 8.26. The van der Waals surface area contributed by atoms with Gasteiger partial charge >= 0.3 is 6.18 Å². The van der Waals surface area contributed by atoms with Gasteiger partial charge in [0.05, 0.1) is 17.6 Å². The van der Waals surface area contributed by atoms with Crippen molar-refractivity contribution in [2.45, 2.75) is 6.18 Å². The molecule has 0 aliphatic heterocycles. The number of aromatic nitrogens is 2. The van der Waals surface area contributed by atoms with Crippen molar-refractivity contribution in [2.24, 2.45) is 7.05 Å². The summed E-state index contributed by atoms with van der Waals surface area (Å²) in [5.41, 5.74) is 2.28. The Morgan fingerprint density at radius 2 is 1.82 bits per heavy atom. The van der Waals surface area contributed by atoms with E-state index >= 15 is 0 Å². The number of nitrogens with zero attached hydrogens (tertiary/aromatic N) is 2. The lowest BCUT2D eigenvalue weighted by Gasteiger charge is -2.14. The second-order valence-corrected chi connectivity index (χ2v) is 6.08. The molecule has 0 fully saturated rings. The van der Waals surface area contributed by atoms with Crippen LogP contribution in [0.3, 0.4) is 0 Å². The Hall–Kier alpha value is -3.55. The SMILES string of the molecule is C=CC(=O)Nc1ccc(Nc2ccc(C(F)(F)F)cc2)c(-c2cn(C)cn2)c1. The molecule has 0 spiro atoms. The largest absolute Gasteiger partial charge is 0.416 e. The first-order valence-corrected chi connectivity index (χ1v) is 8.26. The number of halogens is 3. The highest BCUT2D eigenvalue weighted by Gasteiger charge is 2.29. The zero-order valence-corrected chi connectivity index (χ0v) is 14.9. The lowest BCUT2D eigenvalue weighted by Crippen LogP contribution is -2.07. The first-order chi connectivity index (χ1) is 13.3. The maximum Gasteiger partial charge on any atom is 0.416 e. The van der Waals surface area contributed by atoms with Crippen LogP contribution in [-0.4, -0.2) is 15.5 Å². The number of amides is 1. The van der Waals surface area contributed by atoms with E-state index in [2.05, 4.69) is 22.2 Å². The Balaban J connectivity index is 1.95. The average molecular weight is 386 g/mol. The van der Waals surface area contributed by atoms with Crippen LogP contribution in [0.25, 0.3) is 11.3 Å². The fraction of sp³-hybridized carbons (Fsp3) is 0.100. The molecule has 0 saturated heterocycles. The Labute approximate surface area is 159 Å². The van der Waals surface area contributed by atoms with Crippen LogP contribution < -0.4 is 10.6 Å². The second-order valence-electron chi connectivity index (χ2n) is 6.08. The van der Waals surface area contributed by atoms with Gasteiger partial charge in [-0.2, -0.15) is 13.2 Å². The van der Waals surface area contributed by atoms with E-state index in [0.717, 1.165) is 18.2 Å². The van der Waals surface area contributed by atoms with Gasteiger partial charge in [-0.3, -0.25) is 4.79 Å². The minimum Gasteiger partial charge on any atom is -0.355 e. The van der Waals surface area contributed by atoms with Gasteiger partial charge in [0.25, 0.3) is 0 Å². The number of hydrogen-bond donors (Lipinski definition) is 2. The maximum atomic E-state index is 12.7. The molecule has 2 aromatic carbocycles. The number of rotatable bonds is 5. The van der Waals surface area contributed by atoms with Gasteiger partial charge in [-0.15, -0.1) is 0 Å². The molecule has 5 nitrogen and oxygen atoms in total. The monoisotopic (exact) mass is 386 g/mol. The molecule has 0 atom stereocenters. The standard InChI is InChI=1S/C20H17F3N4O/c1-3-19(28)26-15-8-9-17(16(10-15)18-11-27(2)12-24-18)25-14-6-4-13(5-7-14)20(21,22)23/h3-12,25H,1H2,2H3,(H,26,28). The Bertz CT molecular complexity index is 1010. The number of nitrogens with one attached hydrogen (secondary N) is 2. The molecule has 144 valence electrons. The van der Waals surface area contributed by atoms with Gasteiger partial charge in [-0.25, -0.2) is 4.98 Å². The molecule has 0 radical (unpaired) electrons. The summed E-state index contributed by atoms with van der Waals surface area (Å²) in [5.74, 6) is -0.351. The summed E-state index contributed by atoms with van der Waals surface area (Å²) < 4.78 is 40.0. The van der Waals surface area contributed by atoms with E-state index in [4.69, 9.17) is 0 Å². The normalized spacial score (nSPS) is 11.1. The van der Waals surface area contributed by atoms with Gasteiger partial charge in [0.2, 0.25) is 5.91 Å². The molecular weight excluding hydrogens is 369 g/mol. The van der Waals surface area contributed by atoms with Crippen molar-refractivity contribution in [1.29, 1.82) is 0 Å². The fourth-order valence-electron chi connectivity index (χ4n) is 2.59. The predicted octanol–water partition coefficient (Wildman–Crippen LogP) is 4.97. The van der Waals surface area contributed by atoms with Crippen molar-refractivity contribution >= 4 is 23.0 Å². The number of imidazole rings is 1. The molecule has 0 aliphatic rings. The van der Waals surface area contributed by atoms with Gasteiger partial charge in [0.15, 0.2) is 0 Å². The number of carbonyl (C=O) groups excluding carboxylic acids is 1. The number of carbonyl (C=O) groups is 1. The van der Waals surface area contributed by atoms with E-state index < -0.39 is 11.7 Å². The molecule has 0 unspecified atom stereocenters. The van der Waals surface area contributed by atoms with Crippen molar-refractivity contribution in [3.8, 4) is 11.3 Å². The third kappa shape index (κ3) is 4.40. The molecule has 0 aliphatic carbocycles. The van der Waals surface area contributed by atoms with E-state index in [1.54, 1.807) is 35.3 Å². The quantitative estimate of drug-likeness (QED) is 0.609. The van der Waals surface area contributed by atoms with Crippen molar-refractivity contribution in [1.82, 2.24) is 9.55 Å². The molecule has 1 heterocycles. The zero-order valence-electron chi connectivity index (χ0n) is 14.9. The summed E-state index contributed by atoms with van der Waals surface area (Å²) in [4.78, 5) is 15.9. The summed E-state index contributed by atoms with van der Waals surface area (Å²) in [6.07, 6.45) is 0.204. The van der Waals surface area contributed by atoms with Crippen molar-refractivity contribution < 1.29 is 18.0 Å². The number of aryl methyl sites for hydroxylation is 1. The zero-order chi connectivity index (χ0) is 20.3. The van der Waals surface area contributed by atoms with E-state index in [1.807, 2.05) is 7.05 Å². The van der Waals surface area contributed by atoms with Gasteiger partial charge in [0, 0.05) is 35.9 Å². The lowest BCUT2D eigenvalue weighted by atomic mass is 10.1. The van der Waals surface area contributed by atoms with Gasteiger partial charge in [-0.05, 0) is 48.5 Å². The van der Waals surface area contributed by atoms with Crippen LogP contribution >= 0.6 is 0 Å². The van der Waals surface area contributed by atoms with Crippen LogP contribution in [0.5, 0.6) is 0 Å². The molecule has 3 rings (SSSR count). The van der Waals surface area contributed by atoms with Crippen LogP contribution in [0.4, 0.5) is 30.2 Å². The Morgan fingerprint density at radius 1 is 1.14 bits per heavy atom. The van der Waals surface area contributed by atoms with Crippen LogP contribution in [0, 0.1) is 0 Å². The summed E-state index contributed by atoms with van der Waals surface area (Å²) in [6.45, 7) is 3.42.